The number of benzene rings is 1. The number of rotatable bonds is 3. The van der Waals surface area contributed by atoms with Gasteiger partial charge in [0.15, 0.2) is 5.82 Å². The fourth-order valence-electron chi connectivity index (χ4n) is 3.72. The van der Waals surface area contributed by atoms with Gasteiger partial charge >= 0.3 is 0 Å². The Labute approximate surface area is 156 Å². The van der Waals surface area contributed by atoms with E-state index >= 15 is 0 Å². The maximum atomic E-state index is 13.3. The summed E-state index contributed by atoms with van der Waals surface area (Å²) in [5.74, 6) is 1.02. The third-order valence-electron chi connectivity index (χ3n) is 5.00. The van der Waals surface area contributed by atoms with Gasteiger partial charge in [-0.25, -0.2) is 14.1 Å². The van der Waals surface area contributed by atoms with Gasteiger partial charge in [0.05, 0.1) is 28.7 Å². The van der Waals surface area contributed by atoms with E-state index < -0.39 is 0 Å². The Bertz CT molecular complexity index is 990. The van der Waals surface area contributed by atoms with E-state index in [1.54, 1.807) is 16.8 Å². The number of amides is 1. The van der Waals surface area contributed by atoms with Crippen LogP contribution in [0.2, 0.25) is 0 Å². The van der Waals surface area contributed by atoms with E-state index in [1.807, 2.05) is 25.7 Å². The minimum atomic E-state index is -0.307. The number of carbonyl (C=O) groups excluding carboxylic acids is 1. The smallest absolute Gasteiger partial charge is 0.258 e. The molecule has 1 N–H and O–H groups in total. The van der Waals surface area contributed by atoms with Crippen LogP contribution in [-0.2, 0) is 0 Å². The van der Waals surface area contributed by atoms with Crippen LogP contribution in [-0.4, -0.2) is 42.3 Å². The van der Waals surface area contributed by atoms with Gasteiger partial charge in [-0.15, -0.1) is 0 Å². The normalized spacial score (nSPS) is 16.9. The molecule has 2 aromatic heterocycles. The number of nitrogens with one attached hydrogen (secondary N) is 1. The Morgan fingerprint density at radius 3 is 2.63 bits per heavy atom. The van der Waals surface area contributed by atoms with Gasteiger partial charge in [-0.2, -0.15) is 10.2 Å². The number of nitrogens with zero attached hydrogens (tertiary/aromatic N) is 5. The summed E-state index contributed by atoms with van der Waals surface area (Å²) in [6.07, 6.45) is 1.75. The van der Waals surface area contributed by atoms with Crippen LogP contribution < -0.4 is 0 Å². The van der Waals surface area contributed by atoms with Crippen molar-refractivity contribution < 1.29 is 9.18 Å². The lowest BCUT2D eigenvalue weighted by Gasteiger charge is -2.22. The molecule has 8 heteroatoms. The molecule has 1 saturated heterocycles. The van der Waals surface area contributed by atoms with Gasteiger partial charge < -0.3 is 4.90 Å². The fraction of sp³-hybridized carbons (Fsp3) is 0.368. The van der Waals surface area contributed by atoms with Gasteiger partial charge in [0.1, 0.15) is 11.6 Å². The molecule has 3 heterocycles. The van der Waals surface area contributed by atoms with Crippen molar-refractivity contribution in [2.45, 2.75) is 39.7 Å². The van der Waals surface area contributed by atoms with Crippen LogP contribution in [0.25, 0.3) is 5.69 Å². The van der Waals surface area contributed by atoms with Crippen LogP contribution in [0.4, 0.5) is 4.39 Å². The summed E-state index contributed by atoms with van der Waals surface area (Å²) in [5.41, 5.74) is 2.69. The lowest BCUT2D eigenvalue weighted by Crippen LogP contribution is -2.32. The Balaban J connectivity index is 1.68. The molecule has 3 aromatic rings. The highest BCUT2D eigenvalue weighted by atomic mass is 19.1. The van der Waals surface area contributed by atoms with E-state index in [0.717, 1.165) is 30.0 Å². The van der Waals surface area contributed by atoms with Crippen LogP contribution in [0.15, 0.2) is 24.3 Å². The van der Waals surface area contributed by atoms with Crippen LogP contribution in [0.3, 0.4) is 0 Å². The zero-order chi connectivity index (χ0) is 19.1. The number of H-pyrrole nitrogens is 1. The third kappa shape index (κ3) is 3.01. The lowest BCUT2D eigenvalue weighted by atomic mass is 10.1. The van der Waals surface area contributed by atoms with Crippen molar-refractivity contribution >= 4 is 5.91 Å². The molecule has 27 heavy (non-hydrogen) atoms. The molecule has 1 atom stereocenters. The highest BCUT2D eigenvalue weighted by Gasteiger charge is 2.35. The number of aryl methyl sites for hydroxylation is 2. The van der Waals surface area contributed by atoms with E-state index in [2.05, 4.69) is 20.3 Å². The monoisotopic (exact) mass is 368 g/mol. The maximum Gasteiger partial charge on any atom is 0.258 e. The molecule has 0 bridgehead atoms. The van der Waals surface area contributed by atoms with Crippen molar-refractivity contribution in [3.8, 4) is 5.69 Å². The molecule has 140 valence electrons. The molecule has 1 aromatic carbocycles. The molecule has 0 saturated carbocycles. The molecular weight excluding hydrogens is 347 g/mol. The molecule has 0 spiro atoms. The number of halogens is 1. The van der Waals surface area contributed by atoms with Gasteiger partial charge in [0.25, 0.3) is 5.91 Å². The predicted octanol–water partition coefficient (Wildman–Crippen LogP) is 3.03. The molecule has 1 fully saturated rings. The lowest BCUT2D eigenvalue weighted by molar-refractivity contribution is 0.0728. The number of aromatic nitrogens is 5. The molecule has 7 nitrogen and oxygen atoms in total. The quantitative estimate of drug-likeness (QED) is 0.771. The zero-order valence-corrected chi connectivity index (χ0v) is 15.5. The van der Waals surface area contributed by atoms with Gasteiger partial charge in [0.2, 0.25) is 0 Å². The number of likely N-dealkylation sites (tertiary alicyclic amines) is 1. The van der Waals surface area contributed by atoms with Crippen LogP contribution in [0, 0.1) is 26.6 Å². The van der Waals surface area contributed by atoms with Crippen molar-refractivity contribution in [3.63, 3.8) is 0 Å². The first-order valence-electron chi connectivity index (χ1n) is 8.97. The average molecular weight is 368 g/mol. The Morgan fingerprint density at radius 2 is 1.96 bits per heavy atom. The summed E-state index contributed by atoms with van der Waals surface area (Å²) in [6, 6.07) is 5.94. The van der Waals surface area contributed by atoms with Crippen LogP contribution in [0.1, 0.15) is 52.3 Å². The highest BCUT2D eigenvalue weighted by Crippen LogP contribution is 2.32. The highest BCUT2D eigenvalue weighted by molar-refractivity contribution is 5.97. The van der Waals surface area contributed by atoms with Crippen molar-refractivity contribution in [3.05, 3.63) is 58.7 Å². The fourth-order valence-corrected chi connectivity index (χ4v) is 3.72. The van der Waals surface area contributed by atoms with Crippen LogP contribution in [0.5, 0.6) is 0 Å². The van der Waals surface area contributed by atoms with E-state index in [0.29, 0.717) is 23.6 Å². The molecule has 4 rings (SSSR count). The molecule has 1 amide bonds. The first kappa shape index (κ1) is 17.4. The van der Waals surface area contributed by atoms with Gasteiger partial charge in [-0.1, -0.05) is 0 Å². The number of hydrogen-bond acceptors (Lipinski definition) is 4. The summed E-state index contributed by atoms with van der Waals surface area (Å²) < 4.78 is 14.9. The van der Waals surface area contributed by atoms with Crippen molar-refractivity contribution in [1.29, 1.82) is 0 Å². The average Bonchev–Trinajstić information content (AvgIpc) is 3.34. The summed E-state index contributed by atoms with van der Waals surface area (Å²) in [7, 11) is 0. The van der Waals surface area contributed by atoms with Crippen molar-refractivity contribution in [2.24, 2.45) is 0 Å². The SMILES string of the molecule is Cc1nc([C@H]2CCCN2C(=O)c2c(C)nn(-c3ccc(F)cc3)c2C)n[nH]1. The molecule has 0 aliphatic carbocycles. The summed E-state index contributed by atoms with van der Waals surface area (Å²) in [6.45, 7) is 6.19. The molecule has 0 radical (unpaired) electrons. The topological polar surface area (TPSA) is 79.7 Å². The summed E-state index contributed by atoms with van der Waals surface area (Å²) in [5, 5.41) is 11.6. The summed E-state index contributed by atoms with van der Waals surface area (Å²) in [4.78, 5) is 19.6. The molecule has 1 aliphatic heterocycles. The second-order valence-corrected chi connectivity index (χ2v) is 6.87. The maximum absolute atomic E-state index is 13.3. The zero-order valence-electron chi connectivity index (χ0n) is 15.5. The minimum absolute atomic E-state index is 0.0664. The van der Waals surface area contributed by atoms with Crippen LogP contribution >= 0.6 is 0 Å². The second-order valence-electron chi connectivity index (χ2n) is 6.87. The predicted molar refractivity (Wildman–Crippen MR) is 97.1 cm³/mol. The Kier molecular flexibility index (Phi) is 4.25. The van der Waals surface area contributed by atoms with E-state index in [-0.39, 0.29) is 17.8 Å². The van der Waals surface area contributed by atoms with Gasteiger partial charge in [0, 0.05) is 6.54 Å². The summed E-state index contributed by atoms with van der Waals surface area (Å²) >= 11 is 0. The van der Waals surface area contributed by atoms with E-state index in [4.69, 9.17) is 0 Å². The molecular formula is C19H21FN6O. The first-order valence-corrected chi connectivity index (χ1v) is 8.97. The Morgan fingerprint density at radius 1 is 1.22 bits per heavy atom. The van der Waals surface area contributed by atoms with E-state index in [1.165, 1.54) is 12.1 Å². The van der Waals surface area contributed by atoms with Crippen molar-refractivity contribution in [2.75, 3.05) is 6.54 Å². The standard InChI is InChI=1S/C19H21FN6O/c1-11-17(12(2)26(24-11)15-8-6-14(20)7-9-15)19(27)25-10-4-5-16(25)18-21-13(3)22-23-18/h6-9,16H,4-5,10H2,1-3H3,(H,21,22,23)/t16-/m1/s1. The third-order valence-corrected chi connectivity index (χ3v) is 5.00. The largest absolute Gasteiger partial charge is 0.328 e. The van der Waals surface area contributed by atoms with Gasteiger partial charge in [-0.3, -0.25) is 9.89 Å². The minimum Gasteiger partial charge on any atom is -0.328 e. The Hall–Kier alpha value is -3.03. The van der Waals surface area contributed by atoms with Crippen molar-refractivity contribution in [1.82, 2.24) is 29.9 Å². The number of aromatic amines is 1. The van der Waals surface area contributed by atoms with Gasteiger partial charge in [-0.05, 0) is 57.9 Å². The molecule has 0 unspecified atom stereocenters. The second kappa shape index (κ2) is 6.61. The number of hydrogen-bond donors (Lipinski definition) is 1. The first-order chi connectivity index (χ1) is 13.0. The van der Waals surface area contributed by atoms with E-state index in [9.17, 15) is 9.18 Å². The molecule has 1 aliphatic rings. The number of carbonyl (C=O) groups is 1.